The molecule has 0 saturated heterocycles. The molecule has 0 amide bonds. The summed E-state index contributed by atoms with van der Waals surface area (Å²) in [7, 11) is 0. The van der Waals surface area contributed by atoms with Crippen LogP contribution in [0.1, 0.15) is 29.8 Å². The van der Waals surface area contributed by atoms with Gasteiger partial charge in [0.2, 0.25) is 11.6 Å². The Labute approximate surface area is 119 Å². The summed E-state index contributed by atoms with van der Waals surface area (Å²) in [5.41, 5.74) is 0.703. The Morgan fingerprint density at radius 1 is 1.16 bits per heavy atom. The largest absolute Gasteiger partial charge is 0.507 e. The van der Waals surface area contributed by atoms with E-state index >= 15 is 0 Å². The number of hydrogen-bond acceptors (Lipinski definition) is 3. The third kappa shape index (κ3) is 2.40. The Hall–Kier alpha value is -1.68. The van der Waals surface area contributed by atoms with Gasteiger partial charge >= 0.3 is 0 Å². The summed E-state index contributed by atoms with van der Waals surface area (Å²) in [5.74, 6) is -1.23. The number of carbonyl (C=O) groups excluding carboxylic acids is 2. The molecule has 0 bridgehead atoms. The first-order valence-corrected chi connectivity index (χ1v) is 6.71. The van der Waals surface area contributed by atoms with Gasteiger partial charge in [-0.1, -0.05) is 54.0 Å². The molecule has 0 aliphatic heterocycles. The van der Waals surface area contributed by atoms with Gasteiger partial charge in [0.05, 0.1) is 5.57 Å². The summed E-state index contributed by atoms with van der Waals surface area (Å²) in [4.78, 5) is 24.0. The number of aliphatic hydroxyl groups is 1. The molecule has 3 nitrogen and oxygen atoms in total. The predicted octanol–water partition coefficient (Wildman–Crippen LogP) is 3.66. The lowest BCUT2D eigenvalue weighted by molar-refractivity contribution is -0.111. The topological polar surface area (TPSA) is 54.4 Å². The van der Waals surface area contributed by atoms with Gasteiger partial charge in [-0.25, -0.2) is 0 Å². The molecular formula is C15H13BrO3. The Bertz CT molecular complexity index is 624. The first kappa shape index (κ1) is 13.7. The van der Waals surface area contributed by atoms with E-state index in [9.17, 15) is 14.7 Å². The van der Waals surface area contributed by atoms with Gasteiger partial charge in [0.25, 0.3) is 0 Å². The van der Waals surface area contributed by atoms with Gasteiger partial charge in [-0.2, -0.15) is 0 Å². The molecule has 2 rings (SSSR count). The van der Waals surface area contributed by atoms with Crippen molar-refractivity contribution in [2.45, 2.75) is 13.8 Å². The molecule has 98 valence electrons. The standard InChI is InChI=1S/C15H13BrO3/c1-8(2)12(16)7-11-13(17)9-5-3-4-6-10(9)14(18)15(11)19/h3-8,17H,1-2H3. The third-order valence-corrected chi connectivity index (χ3v) is 4.11. The lowest BCUT2D eigenvalue weighted by Gasteiger charge is -2.16. The number of hydrogen-bond donors (Lipinski definition) is 1. The molecule has 0 spiro atoms. The second-order valence-corrected chi connectivity index (χ2v) is 5.57. The zero-order valence-corrected chi connectivity index (χ0v) is 12.2. The molecule has 1 aromatic carbocycles. The van der Waals surface area contributed by atoms with E-state index in [0.29, 0.717) is 5.56 Å². The molecule has 0 saturated carbocycles. The Kier molecular flexibility index (Phi) is 3.71. The van der Waals surface area contributed by atoms with Crippen LogP contribution in [0.2, 0.25) is 0 Å². The van der Waals surface area contributed by atoms with Crippen molar-refractivity contribution in [3.05, 3.63) is 51.5 Å². The molecule has 1 aliphatic carbocycles. The lowest BCUT2D eigenvalue weighted by Crippen LogP contribution is -2.23. The van der Waals surface area contributed by atoms with E-state index in [1.165, 1.54) is 6.08 Å². The number of benzene rings is 1. The number of carbonyl (C=O) groups is 2. The summed E-state index contributed by atoms with van der Waals surface area (Å²) in [6.45, 7) is 3.89. The summed E-state index contributed by atoms with van der Waals surface area (Å²) >= 11 is 3.34. The van der Waals surface area contributed by atoms with Crippen molar-refractivity contribution in [2.75, 3.05) is 0 Å². The number of rotatable bonds is 2. The van der Waals surface area contributed by atoms with Crippen molar-refractivity contribution in [1.82, 2.24) is 0 Å². The quantitative estimate of drug-likeness (QED) is 0.846. The Balaban J connectivity index is 2.64. The normalized spacial score (nSPS) is 16.1. The van der Waals surface area contributed by atoms with Gasteiger partial charge in [-0.3, -0.25) is 9.59 Å². The summed E-state index contributed by atoms with van der Waals surface area (Å²) < 4.78 is 0.759. The van der Waals surface area contributed by atoms with E-state index in [4.69, 9.17) is 0 Å². The van der Waals surface area contributed by atoms with Gasteiger partial charge in [-0.15, -0.1) is 0 Å². The first-order valence-electron chi connectivity index (χ1n) is 5.92. The first-order chi connectivity index (χ1) is 8.93. The van der Waals surface area contributed by atoms with Crippen molar-refractivity contribution in [2.24, 2.45) is 5.92 Å². The molecule has 0 radical (unpaired) electrons. The van der Waals surface area contributed by atoms with E-state index in [2.05, 4.69) is 15.9 Å². The number of ketones is 2. The lowest BCUT2D eigenvalue weighted by atomic mass is 9.88. The van der Waals surface area contributed by atoms with Crippen LogP contribution in [0.4, 0.5) is 0 Å². The van der Waals surface area contributed by atoms with Crippen LogP contribution in [0, 0.1) is 5.92 Å². The van der Waals surface area contributed by atoms with Crippen LogP contribution in [0.15, 0.2) is 40.4 Å². The Morgan fingerprint density at radius 2 is 1.74 bits per heavy atom. The van der Waals surface area contributed by atoms with Crippen LogP contribution in [0.25, 0.3) is 5.76 Å². The highest BCUT2D eigenvalue weighted by Gasteiger charge is 2.31. The molecule has 4 heteroatoms. The maximum Gasteiger partial charge on any atom is 0.237 e. The smallest absolute Gasteiger partial charge is 0.237 e. The van der Waals surface area contributed by atoms with Gasteiger partial charge in [0.1, 0.15) is 5.76 Å². The molecular weight excluding hydrogens is 308 g/mol. The zero-order chi connectivity index (χ0) is 14.2. The monoisotopic (exact) mass is 320 g/mol. The van der Waals surface area contributed by atoms with E-state index < -0.39 is 11.6 Å². The average molecular weight is 321 g/mol. The zero-order valence-electron chi connectivity index (χ0n) is 10.6. The van der Waals surface area contributed by atoms with Gasteiger partial charge in [-0.05, 0) is 16.5 Å². The molecule has 0 unspecified atom stereocenters. The van der Waals surface area contributed by atoms with Crippen molar-refractivity contribution < 1.29 is 14.7 Å². The fourth-order valence-electron chi connectivity index (χ4n) is 1.82. The van der Waals surface area contributed by atoms with Gasteiger partial charge in [0, 0.05) is 11.1 Å². The highest BCUT2D eigenvalue weighted by atomic mass is 79.9. The van der Waals surface area contributed by atoms with E-state index in [-0.39, 0.29) is 22.8 Å². The van der Waals surface area contributed by atoms with Crippen molar-refractivity contribution in [3.8, 4) is 0 Å². The minimum Gasteiger partial charge on any atom is -0.507 e. The van der Waals surface area contributed by atoms with Crippen LogP contribution in [-0.4, -0.2) is 16.7 Å². The van der Waals surface area contributed by atoms with Crippen LogP contribution in [-0.2, 0) is 4.79 Å². The highest BCUT2D eigenvalue weighted by molar-refractivity contribution is 9.11. The number of aliphatic hydroxyl groups excluding tert-OH is 1. The molecule has 1 aliphatic rings. The van der Waals surface area contributed by atoms with Crippen LogP contribution in [0.5, 0.6) is 0 Å². The van der Waals surface area contributed by atoms with E-state index in [1.54, 1.807) is 24.3 Å². The van der Waals surface area contributed by atoms with Gasteiger partial charge < -0.3 is 5.11 Å². The Morgan fingerprint density at radius 3 is 2.32 bits per heavy atom. The molecule has 0 heterocycles. The maximum absolute atomic E-state index is 12.0. The van der Waals surface area contributed by atoms with E-state index in [1.807, 2.05) is 13.8 Å². The fraction of sp³-hybridized carbons (Fsp3) is 0.200. The van der Waals surface area contributed by atoms with Gasteiger partial charge in [0.15, 0.2) is 0 Å². The second kappa shape index (κ2) is 5.13. The highest BCUT2D eigenvalue weighted by Crippen LogP contribution is 2.30. The second-order valence-electron chi connectivity index (χ2n) is 4.65. The summed E-state index contributed by atoms with van der Waals surface area (Å²) in [6, 6.07) is 6.56. The minimum absolute atomic E-state index is 0.0456. The maximum atomic E-state index is 12.0. The number of Topliss-reactive ketones (excluding diaryl/α,β-unsaturated/α-hetero) is 2. The van der Waals surface area contributed by atoms with Crippen LogP contribution < -0.4 is 0 Å². The summed E-state index contributed by atoms with van der Waals surface area (Å²) in [6.07, 6.45) is 1.52. The number of fused-ring (bicyclic) bond motifs is 1. The SMILES string of the molecule is CC(C)C(Br)=CC1=C(O)c2ccccc2C(=O)C1=O. The molecule has 1 aromatic rings. The molecule has 1 N–H and O–H groups in total. The predicted molar refractivity (Wildman–Crippen MR) is 77.2 cm³/mol. The minimum atomic E-state index is -0.672. The molecule has 19 heavy (non-hydrogen) atoms. The van der Waals surface area contributed by atoms with E-state index in [0.717, 1.165) is 4.48 Å². The number of halogens is 1. The van der Waals surface area contributed by atoms with Crippen LogP contribution >= 0.6 is 15.9 Å². The molecule has 0 fully saturated rings. The van der Waals surface area contributed by atoms with Crippen LogP contribution in [0.3, 0.4) is 0 Å². The fourth-order valence-corrected chi connectivity index (χ4v) is 2.05. The van der Waals surface area contributed by atoms with Crippen molar-refractivity contribution in [1.29, 1.82) is 0 Å². The average Bonchev–Trinajstić information content (AvgIpc) is 2.40. The molecule has 0 aromatic heterocycles. The third-order valence-electron chi connectivity index (χ3n) is 2.97. The number of allylic oxidation sites excluding steroid dienone is 3. The summed E-state index contributed by atoms with van der Waals surface area (Å²) in [5, 5.41) is 10.2. The van der Waals surface area contributed by atoms with Crippen molar-refractivity contribution >= 4 is 33.3 Å². The molecule has 0 atom stereocenters. The van der Waals surface area contributed by atoms with Crippen molar-refractivity contribution in [3.63, 3.8) is 0 Å².